The first kappa shape index (κ1) is 13.0. The normalized spacial score (nSPS) is 11.1. The van der Waals surface area contributed by atoms with Crippen molar-refractivity contribution in [1.82, 2.24) is 0 Å². The summed E-state index contributed by atoms with van der Waals surface area (Å²) >= 11 is 3.30. The van der Waals surface area contributed by atoms with E-state index in [2.05, 4.69) is 15.9 Å². The van der Waals surface area contributed by atoms with Gasteiger partial charge >= 0.3 is 6.09 Å². The molecule has 0 fully saturated rings. The zero-order valence-electron chi connectivity index (χ0n) is 9.53. The van der Waals surface area contributed by atoms with Crippen LogP contribution < -0.4 is 10.9 Å². The Bertz CT molecular complexity index is 371. The Morgan fingerprint density at radius 2 is 1.81 bits per heavy atom. The fourth-order valence-electron chi connectivity index (χ4n) is 1.02. The minimum absolute atomic E-state index is 0.552. The van der Waals surface area contributed by atoms with E-state index in [0.29, 0.717) is 5.69 Å². The fourth-order valence-corrected chi connectivity index (χ4v) is 1.28. The largest absolute Gasteiger partial charge is 0.442 e. The first-order valence-corrected chi connectivity index (χ1v) is 5.62. The van der Waals surface area contributed by atoms with Crippen LogP contribution in [0, 0.1) is 0 Å². The van der Waals surface area contributed by atoms with Crippen LogP contribution in [0.2, 0.25) is 0 Å². The Labute approximate surface area is 103 Å². The Kier molecular flexibility index (Phi) is 3.93. The summed E-state index contributed by atoms with van der Waals surface area (Å²) in [6, 6.07) is 7.07. The number of anilines is 1. The third-order valence-corrected chi connectivity index (χ3v) is 2.22. The van der Waals surface area contributed by atoms with Gasteiger partial charge in [-0.25, -0.2) is 15.6 Å². The van der Waals surface area contributed by atoms with Crippen molar-refractivity contribution in [3.63, 3.8) is 0 Å². The number of ether oxygens (including phenoxy) is 1. The Morgan fingerprint density at radius 1 is 1.31 bits per heavy atom. The Morgan fingerprint density at radius 3 is 2.25 bits per heavy atom. The first-order chi connectivity index (χ1) is 7.29. The van der Waals surface area contributed by atoms with Crippen molar-refractivity contribution in [3.8, 4) is 0 Å². The second-order valence-corrected chi connectivity index (χ2v) is 5.24. The van der Waals surface area contributed by atoms with Gasteiger partial charge in [-0.05, 0) is 45.0 Å². The van der Waals surface area contributed by atoms with E-state index in [4.69, 9.17) is 10.6 Å². The summed E-state index contributed by atoms with van der Waals surface area (Å²) < 4.78 is 6.06. The van der Waals surface area contributed by atoms with Crippen molar-refractivity contribution in [3.05, 3.63) is 28.7 Å². The molecule has 0 bridgehead atoms. The number of rotatable bonds is 1. The maximum atomic E-state index is 11.6. The number of halogens is 1. The second kappa shape index (κ2) is 4.84. The molecule has 0 aliphatic rings. The molecule has 0 radical (unpaired) electrons. The quantitative estimate of drug-likeness (QED) is 0.490. The molecule has 88 valence electrons. The summed E-state index contributed by atoms with van der Waals surface area (Å²) in [5.74, 6) is 5.64. The van der Waals surface area contributed by atoms with Crippen LogP contribution in [0.15, 0.2) is 28.7 Å². The fraction of sp³-hybridized carbons (Fsp3) is 0.364. The molecule has 0 aliphatic carbocycles. The monoisotopic (exact) mass is 286 g/mol. The van der Waals surface area contributed by atoms with Crippen molar-refractivity contribution >= 4 is 27.7 Å². The molecule has 1 rings (SSSR count). The molecule has 0 atom stereocenters. The summed E-state index contributed by atoms with van der Waals surface area (Å²) in [7, 11) is 0. The average Bonchev–Trinajstić information content (AvgIpc) is 2.15. The van der Waals surface area contributed by atoms with E-state index >= 15 is 0 Å². The highest BCUT2D eigenvalue weighted by Gasteiger charge is 2.20. The molecule has 1 aromatic rings. The summed E-state index contributed by atoms with van der Waals surface area (Å²) in [4.78, 5) is 11.6. The number of amides is 1. The number of hydrazine groups is 1. The molecule has 0 aromatic heterocycles. The average molecular weight is 287 g/mol. The van der Waals surface area contributed by atoms with Gasteiger partial charge in [0.05, 0.1) is 5.69 Å². The third-order valence-electron chi connectivity index (χ3n) is 1.69. The highest BCUT2D eigenvalue weighted by molar-refractivity contribution is 9.10. The Hall–Kier alpha value is -1.07. The number of hydrogen-bond donors (Lipinski definition) is 1. The highest BCUT2D eigenvalue weighted by atomic mass is 79.9. The van der Waals surface area contributed by atoms with E-state index < -0.39 is 11.7 Å². The number of carbonyl (C=O) groups is 1. The summed E-state index contributed by atoms with van der Waals surface area (Å²) in [6.45, 7) is 5.38. The highest BCUT2D eigenvalue weighted by Crippen LogP contribution is 2.18. The zero-order valence-corrected chi connectivity index (χ0v) is 11.1. The molecule has 0 aliphatic heterocycles. The van der Waals surface area contributed by atoms with Crippen LogP contribution in [0.4, 0.5) is 10.5 Å². The molecule has 0 saturated heterocycles. The number of nitrogens with two attached hydrogens (primary N) is 1. The molecule has 4 nitrogen and oxygen atoms in total. The molecule has 0 saturated carbocycles. The van der Waals surface area contributed by atoms with Crippen molar-refractivity contribution in [2.45, 2.75) is 26.4 Å². The van der Waals surface area contributed by atoms with E-state index in [1.165, 1.54) is 0 Å². The minimum Gasteiger partial charge on any atom is -0.442 e. The zero-order chi connectivity index (χ0) is 12.3. The molecule has 1 aromatic carbocycles. The predicted molar refractivity (Wildman–Crippen MR) is 67.0 cm³/mol. The molecular weight excluding hydrogens is 272 g/mol. The van der Waals surface area contributed by atoms with Gasteiger partial charge in [-0.1, -0.05) is 15.9 Å². The number of hydrogen-bond acceptors (Lipinski definition) is 3. The third kappa shape index (κ3) is 3.83. The molecule has 0 spiro atoms. The molecular formula is C11H15BrN2O2. The number of nitrogens with zero attached hydrogens (tertiary/aromatic N) is 1. The smallest absolute Gasteiger partial charge is 0.429 e. The van der Waals surface area contributed by atoms with Crippen molar-refractivity contribution < 1.29 is 9.53 Å². The molecule has 1 amide bonds. The minimum atomic E-state index is -0.574. The van der Waals surface area contributed by atoms with Crippen molar-refractivity contribution in [2.24, 2.45) is 5.84 Å². The summed E-state index contributed by atoms with van der Waals surface area (Å²) in [6.07, 6.45) is -0.574. The van der Waals surface area contributed by atoms with Crippen LogP contribution in [0.3, 0.4) is 0 Å². The van der Waals surface area contributed by atoms with Gasteiger partial charge in [0, 0.05) is 4.47 Å². The topological polar surface area (TPSA) is 55.6 Å². The van der Waals surface area contributed by atoms with Crippen LogP contribution in [0.25, 0.3) is 0 Å². The summed E-state index contributed by atoms with van der Waals surface area (Å²) in [5, 5.41) is 0.984. The molecule has 5 heteroatoms. The van der Waals surface area contributed by atoms with Crippen molar-refractivity contribution in [1.29, 1.82) is 0 Å². The number of carbonyl (C=O) groups excluding carboxylic acids is 1. The van der Waals surface area contributed by atoms with Gasteiger partial charge in [-0.3, -0.25) is 0 Å². The van der Waals surface area contributed by atoms with Crippen molar-refractivity contribution in [2.75, 3.05) is 5.01 Å². The van der Waals surface area contributed by atoms with Gasteiger partial charge in [0.1, 0.15) is 5.60 Å². The van der Waals surface area contributed by atoms with E-state index in [1.54, 1.807) is 45.0 Å². The molecule has 2 N–H and O–H groups in total. The van der Waals surface area contributed by atoms with E-state index in [9.17, 15) is 4.79 Å². The lowest BCUT2D eigenvalue weighted by molar-refractivity contribution is 0.0580. The lowest BCUT2D eigenvalue weighted by Gasteiger charge is -2.24. The van der Waals surface area contributed by atoms with Gasteiger partial charge < -0.3 is 4.74 Å². The summed E-state index contributed by atoms with van der Waals surface area (Å²) in [5.41, 5.74) is 0.0295. The van der Waals surface area contributed by atoms with E-state index in [-0.39, 0.29) is 0 Å². The van der Waals surface area contributed by atoms with E-state index in [0.717, 1.165) is 9.48 Å². The number of benzene rings is 1. The molecule has 0 heterocycles. The van der Waals surface area contributed by atoms with E-state index in [1.807, 2.05) is 0 Å². The van der Waals surface area contributed by atoms with Crippen LogP contribution in [-0.4, -0.2) is 11.7 Å². The van der Waals surface area contributed by atoms with Crippen LogP contribution in [0.5, 0.6) is 0 Å². The van der Waals surface area contributed by atoms with Crippen LogP contribution >= 0.6 is 15.9 Å². The first-order valence-electron chi connectivity index (χ1n) is 4.83. The molecule has 0 unspecified atom stereocenters. The van der Waals surface area contributed by atoms with Gasteiger partial charge in [-0.15, -0.1) is 0 Å². The lowest BCUT2D eigenvalue weighted by atomic mass is 10.2. The Balaban J connectivity index is 2.74. The van der Waals surface area contributed by atoms with Crippen LogP contribution in [0.1, 0.15) is 20.8 Å². The lowest BCUT2D eigenvalue weighted by Crippen LogP contribution is -2.41. The SMILES string of the molecule is CC(C)(C)OC(=O)N(N)c1ccc(Br)cc1. The second-order valence-electron chi connectivity index (χ2n) is 4.33. The predicted octanol–water partition coefficient (Wildman–Crippen LogP) is 3.06. The van der Waals surface area contributed by atoms with Gasteiger partial charge in [-0.2, -0.15) is 0 Å². The van der Waals surface area contributed by atoms with Gasteiger partial charge in [0.25, 0.3) is 0 Å². The van der Waals surface area contributed by atoms with Gasteiger partial charge in [0.15, 0.2) is 0 Å². The maximum absolute atomic E-state index is 11.6. The van der Waals surface area contributed by atoms with Crippen LogP contribution in [-0.2, 0) is 4.74 Å². The maximum Gasteiger partial charge on any atom is 0.429 e. The molecule has 16 heavy (non-hydrogen) atoms. The van der Waals surface area contributed by atoms with Gasteiger partial charge in [0.2, 0.25) is 0 Å². The standard InChI is InChI=1S/C11H15BrN2O2/c1-11(2,3)16-10(15)14(13)9-6-4-8(12)5-7-9/h4-7H,13H2,1-3H3.